The summed E-state index contributed by atoms with van der Waals surface area (Å²) in [6, 6.07) is 8.93. The summed E-state index contributed by atoms with van der Waals surface area (Å²) in [5.74, 6) is 0.179. The molecule has 0 amide bonds. The minimum atomic E-state index is -2.59. The molecular formula is C19H13F3N6. The zero-order valence-electron chi connectivity index (χ0n) is 14.6. The van der Waals surface area contributed by atoms with E-state index in [0.29, 0.717) is 34.1 Å². The van der Waals surface area contributed by atoms with Gasteiger partial charge < -0.3 is 9.41 Å². The minimum Gasteiger partial charge on any atom is -0.360 e. The number of hydrogen-bond donors (Lipinski definition) is 0. The molecule has 0 atom stereocenters. The molecule has 0 unspecified atom stereocenters. The predicted molar refractivity (Wildman–Crippen MR) is 96.6 cm³/mol. The van der Waals surface area contributed by atoms with Crippen molar-refractivity contribution in [2.75, 3.05) is 0 Å². The van der Waals surface area contributed by atoms with Crippen LogP contribution < -0.4 is 0 Å². The molecule has 3 heterocycles. The molecule has 0 aliphatic carbocycles. The van der Waals surface area contributed by atoms with Crippen LogP contribution >= 0.6 is 0 Å². The second kappa shape index (κ2) is 6.81. The molecule has 3 aromatic heterocycles. The first kappa shape index (κ1) is 17.7. The standard InChI is InChI=1S/C19H13F3N6/c1-11-25-18(12-3-5-13(20)6-4-12)19(27(11)10-15(21)22)14-7-8-16-24-9-17(23-2)28(16)26-14/h3-9,15H,10H2,1H3. The lowest BCUT2D eigenvalue weighted by Crippen LogP contribution is -2.10. The van der Waals surface area contributed by atoms with Gasteiger partial charge >= 0.3 is 0 Å². The maximum absolute atomic E-state index is 13.3. The molecule has 0 N–H and O–H groups in total. The van der Waals surface area contributed by atoms with Gasteiger partial charge in [-0.15, -0.1) is 4.52 Å². The van der Waals surface area contributed by atoms with Crippen molar-refractivity contribution in [2.24, 2.45) is 0 Å². The number of halogens is 3. The van der Waals surface area contributed by atoms with E-state index in [-0.39, 0.29) is 5.82 Å². The zero-order chi connectivity index (χ0) is 19.8. The van der Waals surface area contributed by atoms with Gasteiger partial charge in [0.25, 0.3) is 12.2 Å². The monoisotopic (exact) mass is 382 g/mol. The van der Waals surface area contributed by atoms with Crippen molar-refractivity contribution in [3.05, 3.63) is 65.7 Å². The molecule has 0 saturated carbocycles. The Morgan fingerprint density at radius 2 is 1.89 bits per heavy atom. The molecule has 0 bridgehead atoms. The van der Waals surface area contributed by atoms with Gasteiger partial charge in [-0.05, 0) is 37.3 Å². The van der Waals surface area contributed by atoms with Crippen molar-refractivity contribution >= 4 is 11.5 Å². The quantitative estimate of drug-likeness (QED) is 0.488. The van der Waals surface area contributed by atoms with Crippen LogP contribution in [-0.2, 0) is 6.54 Å². The third-order valence-electron chi connectivity index (χ3n) is 4.30. The van der Waals surface area contributed by atoms with Gasteiger partial charge in [0.1, 0.15) is 17.3 Å². The van der Waals surface area contributed by atoms with Crippen LogP contribution in [0.1, 0.15) is 5.82 Å². The van der Waals surface area contributed by atoms with E-state index in [1.54, 1.807) is 19.1 Å². The van der Waals surface area contributed by atoms with Crippen molar-refractivity contribution in [3.63, 3.8) is 0 Å². The topological polar surface area (TPSA) is 52.4 Å². The van der Waals surface area contributed by atoms with Gasteiger partial charge in [-0.3, -0.25) is 0 Å². The molecule has 140 valence electrons. The molecule has 9 heteroatoms. The van der Waals surface area contributed by atoms with E-state index in [1.807, 2.05) is 0 Å². The van der Waals surface area contributed by atoms with Crippen LogP contribution in [-0.4, -0.2) is 30.6 Å². The van der Waals surface area contributed by atoms with Crippen LogP contribution in [0.2, 0.25) is 0 Å². The Hall–Kier alpha value is -3.67. The van der Waals surface area contributed by atoms with E-state index >= 15 is 0 Å². The van der Waals surface area contributed by atoms with Crippen molar-refractivity contribution < 1.29 is 13.2 Å². The van der Waals surface area contributed by atoms with Crippen molar-refractivity contribution in [2.45, 2.75) is 19.9 Å². The molecule has 4 rings (SSSR count). The second-order valence-corrected chi connectivity index (χ2v) is 6.08. The van der Waals surface area contributed by atoms with Gasteiger partial charge in [0.2, 0.25) is 5.65 Å². The first-order chi connectivity index (χ1) is 13.5. The summed E-state index contributed by atoms with van der Waals surface area (Å²) in [5, 5.41) is 4.42. The molecule has 0 radical (unpaired) electrons. The van der Waals surface area contributed by atoms with Gasteiger partial charge in [0.05, 0.1) is 24.1 Å². The van der Waals surface area contributed by atoms with Crippen molar-refractivity contribution in [3.8, 4) is 22.6 Å². The number of rotatable bonds is 4. The third kappa shape index (κ3) is 2.99. The summed E-state index contributed by atoms with van der Waals surface area (Å²) in [6.45, 7) is 8.29. The highest BCUT2D eigenvalue weighted by atomic mass is 19.3. The number of imidazole rings is 2. The summed E-state index contributed by atoms with van der Waals surface area (Å²) in [5.41, 5.74) is 2.18. The number of nitrogens with zero attached hydrogens (tertiary/aromatic N) is 6. The molecule has 1 aromatic carbocycles. The number of fused-ring (bicyclic) bond motifs is 1. The summed E-state index contributed by atoms with van der Waals surface area (Å²) >= 11 is 0. The molecule has 28 heavy (non-hydrogen) atoms. The number of benzene rings is 1. The normalized spacial score (nSPS) is 11.3. The molecule has 4 aromatic rings. The predicted octanol–water partition coefficient (Wildman–Crippen LogP) is 4.52. The van der Waals surface area contributed by atoms with E-state index in [4.69, 9.17) is 6.57 Å². The van der Waals surface area contributed by atoms with Crippen LogP contribution in [0.15, 0.2) is 42.6 Å². The maximum atomic E-state index is 13.3. The fourth-order valence-electron chi connectivity index (χ4n) is 3.06. The molecule has 0 fully saturated rings. The van der Waals surface area contributed by atoms with Crippen LogP contribution in [0.4, 0.5) is 19.0 Å². The number of alkyl halides is 2. The average molecular weight is 382 g/mol. The van der Waals surface area contributed by atoms with Gasteiger partial charge in [0.15, 0.2) is 0 Å². The highest BCUT2D eigenvalue weighted by Crippen LogP contribution is 2.33. The molecular weight excluding hydrogens is 369 g/mol. The summed E-state index contributed by atoms with van der Waals surface area (Å²) in [7, 11) is 0. The van der Waals surface area contributed by atoms with Gasteiger partial charge in [0, 0.05) is 11.6 Å². The maximum Gasteiger partial charge on any atom is 0.275 e. The number of aromatic nitrogens is 5. The van der Waals surface area contributed by atoms with Crippen LogP contribution in [0, 0.1) is 19.3 Å². The fraction of sp³-hybridized carbons (Fsp3) is 0.158. The Labute approximate surface area is 157 Å². The number of aryl methyl sites for hydroxylation is 1. The lowest BCUT2D eigenvalue weighted by atomic mass is 10.1. The fourth-order valence-corrected chi connectivity index (χ4v) is 3.06. The minimum absolute atomic E-state index is 0.205. The molecule has 0 spiro atoms. The first-order valence-corrected chi connectivity index (χ1v) is 8.31. The van der Waals surface area contributed by atoms with Crippen LogP contribution in [0.3, 0.4) is 0 Å². The smallest absolute Gasteiger partial charge is 0.275 e. The molecule has 6 nitrogen and oxygen atoms in total. The highest BCUT2D eigenvalue weighted by molar-refractivity contribution is 5.77. The van der Waals surface area contributed by atoms with E-state index < -0.39 is 18.8 Å². The first-order valence-electron chi connectivity index (χ1n) is 8.31. The lowest BCUT2D eigenvalue weighted by Gasteiger charge is -2.10. The Morgan fingerprint density at radius 3 is 2.57 bits per heavy atom. The Kier molecular flexibility index (Phi) is 4.31. The van der Waals surface area contributed by atoms with Gasteiger partial charge in [-0.2, -0.15) is 0 Å². The number of hydrogen-bond acceptors (Lipinski definition) is 3. The van der Waals surface area contributed by atoms with Gasteiger partial charge in [-0.1, -0.05) is 11.7 Å². The largest absolute Gasteiger partial charge is 0.360 e. The Balaban J connectivity index is 1.98. The average Bonchev–Trinajstić information content (AvgIpc) is 3.22. The lowest BCUT2D eigenvalue weighted by molar-refractivity contribution is 0.126. The molecule has 0 aliphatic rings. The summed E-state index contributed by atoms with van der Waals surface area (Å²) in [6.07, 6.45) is -1.20. The Morgan fingerprint density at radius 1 is 1.14 bits per heavy atom. The summed E-state index contributed by atoms with van der Waals surface area (Å²) in [4.78, 5) is 11.9. The van der Waals surface area contributed by atoms with Crippen molar-refractivity contribution in [1.82, 2.24) is 24.1 Å². The molecule has 0 saturated heterocycles. The molecule has 0 aliphatic heterocycles. The highest BCUT2D eigenvalue weighted by Gasteiger charge is 2.23. The van der Waals surface area contributed by atoms with Crippen LogP contribution in [0.5, 0.6) is 0 Å². The van der Waals surface area contributed by atoms with E-state index in [0.717, 1.165) is 0 Å². The summed E-state index contributed by atoms with van der Waals surface area (Å²) < 4.78 is 42.5. The third-order valence-corrected chi connectivity index (χ3v) is 4.30. The van der Waals surface area contributed by atoms with E-state index in [2.05, 4.69) is 19.9 Å². The Bertz CT molecular complexity index is 1200. The van der Waals surface area contributed by atoms with Crippen LogP contribution in [0.25, 0.3) is 33.1 Å². The van der Waals surface area contributed by atoms with Gasteiger partial charge in [-0.25, -0.2) is 23.1 Å². The zero-order valence-corrected chi connectivity index (χ0v) is 14.6. The van der Waals surface area contributed by atoms with Crippen molar-refractivity contribution in [1.29, 1.82) is 0 Å². The van der Waals surface area contributed by atoms with E-state index in [9.17, 15) is 13.2 Å². The second-order valence-electron chi connectivity index (χ2n) is 6.08. The van der Waals surface area contributed by atoms with E-state index in [1.165, 1.54) is 39.5 Å². The SMILES string of the molecule is [C-]#[N+]c1cnc2ccc(-c3c(-c4ccc(F)cc4)nc(C)n3CC(F)F)nn12.